The standard InChI is InChI=1S/C24H26FN5O5S/c1-17(31)27-15-19-16-30(23(32)35-19)18-8-9-22(21(25)14-18)29-12-10-24(26-2,11-13-29)28-36(33,34)20-6-4-3-5-7-20/h3-9,14,19,28H,10-13,15-16H2,1H3,(H,27,31)/t19-/m0/s1. The molecule has 1 atom stereocenters. The van der Waals surface area contributed by atoms with Crippen LogP contribution in [0.1, 0.15) is 19.8 Å². The maximum absolute atomic E-state index is 15.1. The second-order valence-corrected chi connectivity index (χ2v) is 10.4. The first-order valence-electron chi connectivity index (χ1n) is 11.4. The number of benzene rings is 2. The Morgan fingerprint density at radius 2 is 1.92 bits per heavy atom. The predicted octanol–water partition coefficient (Wildman–Crippen LogP) is 2.48. The number of piperidine rings is 1. The third-order valence-electron chi connectivity index (χ3n) is 6.22. The number of rotatable bonds is 7. The molecule has 2 saturated heterocycles. The molecule has 2 aromatic rings. The molecule has 12 heteroatoms. The molecule has 0 bridgehead atoms. The summed E-state index contributed by atoms with van der Waals surface area (Å²) in [6.45, 7) is 9.89. The fourth-order valence-corrected chi connectivity index (χ4v) is 5.66. The summed E-state index contributed by atoms with van der Waals surface area (Å²) in [6, 6.07) is 12.3. The van der Waals surface area contributed by atoms with Crippen molar-refractivity contribution in [1.82, 2.24) is 10.0 Å². The van der Waals surface area contributed by atoms with Crippen molar-refractivity contribution in [3.8, 4) is 0 Å². The van der Waals surface area contributed by atoms with E-state index in [4.69, 9.17) is 11.3 Å². The summed E-state index contributed by atoms with van der Waals surface area (Å²) < 4.78 is 48.4. The number of halogens is 1. The van der Waals surface area contributed by atoms with E-state index in [0.717, 1.165) is 0 Å². The number of anilines is 2. The molecule has 190 valence electrons. The van der Waals surface area contributed by atoms with Crippen molar-refractivity contribution in [2.45, 2.75) is 36.4 Å². The van der Waals surface area contributed by atoms with Gasteiger partial charge < -0.3 is 15.0 Å². The first kappa shape index (κ1) is 25.4. The number of nitrogens with one attached hydrogen (secondary N) is 2. The summed E-state index contributed by atoms with van der Waals surface area (Å²) in [4.78, 5) is 30.1. The van der Waals surface area contributed by atoms with Gasteiger partial charge in [0, 0.05) is 20.0 Å². The molecule has 0 radical (unpaired) electrons. The summed E-state index contributed by atoms with van der Waals surface area (Å²) in [5.74, 6) is -0.790. The van der Waals surface area contributed by atoms with Gasteiger partial charge in [-0.2, -0.15) is 0 Å². The Morgan fingerprint density at radius 3 is 2.53 bits per heavy atom. The summed E-state index contributed by atoms with van der Waals surface area (Å²) >= 11 is 0. The minimum Gasteiger partial charge on any atom is -0.442 e. The minimum atomic E-state index is -3.88. The van der Waals surface area contributed by atoms with E-state index in [9.17, 15) is 18.0 Å². The third kappa shape index (κ3) is 5.42. The minimum absolute atomic E-state index is 0.0804. The summed E-state index contributed by atoms with van der Waals surface area (Å²) in [6.07, 6.45) is -0.810. The van der Waals surface area contributed by atoms with Crippen molar-refractivity contribution in [1.29, 1.82) is 0 Å². The quantitative estimate of drug-likeness (QED) is 0.548. The van der Waals surface area contributed by atoms with Gasteiger partial charge in [-0.3, -0.25) is 14.5 Å². The molecular formula is C24H26FN5O5S. The Bertz CT molecular complexity index is 1290. The van der Waals surface area contributed by atoms with Gasteiger partial charge in [-0.05, 0) is 30.3 Å². The fraction of sp³-hybridized carbons (Fsp3) is 0.375. The fourth-order valence-electron chi connectivity index (χ4n) is 4.28. The van der Waals surface area contributed by atoms with Crippen LogP contribution in [0.15, 0.2) is 53.4 Å². The maximum atomic E-state index is 15.1. The SMILES string of the molecule is [C-]#[N+]C1(NS(=O)(=O)c2ccccc2)CCN(c2ccc(N3C[C@H](CNC(C)=O)OC3=O)cc2F)CC1. The van der Waals surface area contributed by atoms with Gasteiger partial charge in [-0.15, -0.1) is 4.72 Å². The molecule has 2 aliphatic rings. The van der Waals surface area contributed by atoms with E-state index >= 15 is 4.39 Å². The number of hydrogen-bond acceptors (Lipinski definition) is 6. The van der Waals surface area contributed by atoms with E-state index in [1.807, 2.05) is 0 Å². The molecule has 0 spiro atoms. The number of sulfonamides is 1. The van der Waals surface area contributed by atoms with Gasteiger partial charge in [0.25, 0.3) is 0 Å². The average Bonchev–Trinajstić information content (AvgIpc) is 3.24. The number of carbonyl (C=O) groups is 2. The molecule has 2 aromatic carbocycles. The Labute approximate surface area is 208 Å². The Balaban J connectivity index is 1.42. The number of amides is 2. The van der Waals surface area contributed by atoms with E-state index in [-0.39, 0.29) is 49.8 Å². The van der Waals surface area contributed by atoms with Crippen LogP contribution in [-0.4, -0.2) is 58.4 Å². The van der Waals surface area contributed by atoms with Gasteiger partial charge in [0.15, 0.2) is 0 Å². The molecule has 36 heavy (non-hydrogen) atoms. The van der Waals surface area contributed by atoms with Crippen molar-refractivity contribution in [2.24, 2.45) is 0 Å². The van der Waals surface area contributed by atoms with E-state index in [1.165, 1.54) is 30.0 Å². The van der Waals surface area contributed by atoms with Crippen molar-refractivity contribution >= 4 is 33.4 Å². The second-order valence-electron chi connectivity index (χ2n) is 8.74. The molecule has 0 aliphatic carbocycles. The highest BCUT2D eigenvalue weighted by Gasteiger charge is 2.45. The van der Waals surface area contributed by atoms with Crippen LogP contribution in [0.3, 0.4) is 0 Å². The van der Waals surface area contributed by atoms with Gasteiger partial charge in [0.2, 0.25) is 15.9 Å². The Kier molecular flexibility index (Phi) is 7.14. The Morgan fingerprint density at radius 1 is 1.22 bits per heavy atom. The van der Waals surface area contributed by atoms with Gasteiger partial charge in [0.1, 0.15) is 11.9 Å². The molecule has 4 rings (SSSR count). The van der Waals surface area contributed by atoms with Crippen LogP contribution in [0.2, 0.25) is 0 Å². The van der Waals surface area contributed by atoms with Crippen molar-refractivity contribution < 1.29 is 27.1 Å². The molecular weight excluding hydrogens is 489 g/mol. The number of hydrogen-bond donors (Lipinski definition) is 2. The zero-order chi connectivity index (χ0) is 25.9. The molecule has 0 aromatic heterocycles. The summed E-state index contributed by atoms with van der Waals surface area (Å²) in [7, 11) is -3.88. The van der Waals surface area contributed by atoms with Gasteiger partial charge in [-0.1, -0.05) is 18.2 Å². The Hall–Kier alpha value is -3.69. The largest absolute Gasteiger partial charge is 0.442 e. The van der Waals surface area contributed by atoms with Gasteiger partial charge in [0.05, 0.1) is 42.2 Å². The molecule has 10 nitrogen and oxygen atoms in total. The lowest BCUT2D eigenvalue weighted by molar-refractivity contribution is -0.119. The highest BCUT2D eigenvalue weighted by atomic mass is 32.2. The average molecular weight is 516 g/mol. The summed E-state index contributed by atoms with van der Waals surface area (Å²) in [5.41, 5.74) is -0.690. The maximum Gasteiger partial charge on any atom is 0.414 e. The highest BCUT2D eigenvalue weighted by Crippen LogP contribution is 2.33. The van der Waals surface area contributed by atoms with E-state index < -0.39 is 33.7 Å². The third-order valence-corrected chi connectivity index (χ3v) is 7.76. The van der Waals surface area contributed by atoms with E-state index in [1.54, 1.807) is 35.2 Å². The van der Waals surface area contributed by atoms with E-state index in [0.29, 0.717) is 11.4 Å². The zero-order valence-electron chi connectivity index (χ0n) is 19.6. The molecule has 0 saturated carbocycles. The molecule has 2 N–H and O–H groups in total. The van der Waals surface area contributed by atoms with Crippen molar-refractivity contribution in [3.05, 3.63) is 65.8 Å². The first-order chi connectivity index (χ1) is 17.1. The lowest BCUT2D eigenvalue weighted by Crippen LogP contribution is -2.53. The summed E-state index contributed by atoms with van der Waals surface area (Å²) in [5, 5.41) is 2.59. The number of cyclic esters (lactones) is 1. The molecule has 2 heterocycles. The second kappa shape index (κ2) is 10.1. The lowest BCUT2D eigenvalue weighted by atomic mass is 9.98. The number of ether oxygens (including phenoxy) is 1. The van der Waals surface area contributed by atoms with Crippen LogP contribution in [0.4, 0.5) is 20.6 Å². The number of nitrogens with zero attached hydrogens (tertiary/aromatic N) is 3. The van der Waals surface area contributed by atoms with Crippen molar-refractivity contribution in [2.75, 3.05) is 36.0 Å². The topological polar surface area (TPSA) is 112 Å². The highest BCUT2D eigenvalue weighted by molar-refractivity contribution is 7.89. The van der Waals surface area contributed by atoms with Crippen LogP contribution in [0.5, 0.6) is 0 Å². The van der Waals surface area contributed by atoms with Gasteiger partial charge in [-0.25, -0.2) is 24.2 Å². The molecule has 2 aliphatic heterocycles. The monoisotopic (exact) mass is 515 g/mol. The smallest absolute Gasteiger partial charge is 0.414 e. The molecule has 0 unspecified atom stereocenters. The van der Waals surface area contributed by atoms with Gasteiger partial charge >= 0.3 is 11.8 Å². The van der Waals surface area contributed by atoms with Crippen LogP contribution in [0.25, 0.3) is 4.85 Å². The lowest BCUT2D eigenvalue weighted by Gasteiger charge is -2.35. The number of carbonyl (C=O) groups excluding carboxylic acids is 2. The molecule has 2 amide bonds. The van der Waals surface area contributed by atoms with Crippen molar-refractivity contribution in [3.63, 3.8) is 0 Å². The van der Waals surface area contributed by atoms with Crippen LogP contribution >= 0.6 is 0 Å². The van der Waals surface area contributed by atoms with Crippen LogP contribution in [-0.2, 0) is 19.6 Å². The zero-order valence-corrected chi connectivity index (χ0v) is 20.4. The predicted molar refractivity (Wildman–Crippen MR) is 130 cm³/mol. The first-order valence-corrected chi connectivity index (χ1v) is 12.9. The molecule has 2 fully saturated rings. The normalized spacial score (nSPS) is 19.5. The van der Waals surface area contributed by atoms with Crippen LogP contribution < -0.4 is 19.8 Å². The van der Waals surface area contributed by atoms with Crippen LogP contribution in [0, 0.1) is 12.4 Å². The van der Waals surface area contributed by atoms with E-state index in [2.05, 4.69) is 14.9 Å².